The molecule has 2 saturated heterocycles. The molecular weight excluding hydrogens is 343 g/mol. The lowest BCUT2D eigenvalue weighted by Gasteiger charge is -2.32. The number of guanidine groups is 1. The summed E-state index contributed by atoms with van der Waals surface area (Å²) in [5.41, 5.74) is 0. The van der Waals surface area contributed by atoms with Crippen LogP contribution in [0.15, 0.2) is 4.99 Å². The van der Waals surface area contributed by atoms with Crippen LogP contribution >= 0.6 is 24.0 Å². The zero-order valence-corrected chi connectivity index (χ0v) is 13.7. The highest BCUT2D eigenvalue weighted by Crippen LogP contribution is 2.16. The van der Waals surface area contributed by atoms with E-state index < -0.39 is 0 Å². The maximum absolute atomic E-state index is 5.40. The number of nitrogens with zero attached hydrogens (tertiary/aromatic N) is 3. The minimum Gasteiger partial charge on any atom is -0.379 e. The van der Waals surface area contributed by atoms with Crippen molar-refractivity contribution < 1.29 is 4.74 Å². The van der Waals surface area contributed by atoms with Gasteiger partial charge in [0.1, 0.15) is 0 Å². The van der Waals surface area contributed by atoms with Gasteiger partial charge in [0.05, 0.1) is 13.2 Å². The van der Waals surface area contributed by atoms with E-state index in [4.69, 9.17) is 4.74 Å². The molecule has 0 aliphatic carbocycles. The summed E-state index contributed by atoms with van der Waals surface area (Å²) >= 11 is 0. The van der Waals surface area contributed by atoms with Crippen molar-refractivity contribution in [2.45, 2.75) is 19.4 Å². The number of likely N-dealkylation sites (tertiary alicyclic amines) is 1. The molecule has 0 amide bonds. The van der Waals surface area contributed by atoms with Gasteiger partial charge in [-0.1, -0.05) is 0 Å². The zero-order valence-electron chi connectivity index (χ0n) is 11.4. The first-order chi connectivity index (χ1) is 8.35. The van der Waals surface area contributed by atoms with Crippen molar-refractivity contribution >= 4 is 29.9 Å². The standard InChI is InChI=1S/C12H24N4O.HI/c1-3-14-12(13-2)16-5-4-11(10-16)15-6-8-17-9-7-15;/h11H,3-10H2,1-2H3,(H,13,14);1H. The van der Waals surface area contributed by atoms with Crippen LogP contribution in [-0.4, -0.2) is 74.8 Å². The second-order valence-electron chi connectivity index (χ2n) is 4.61. The maximum atomic E-state index is 5.40. The first-order valence-electron chi connectivity index (χ1n) is 6.62. The summed E-state index contributed by atoms with van der Waals surface area (Å²) in [7, 11) is 1.86. The monoisotopic (exact) mass is 368 g/mol. The van der Waals surface area contributed by atoms with Crippen molar-refractivity contribution in [3.8, 4) is 0 Å². The second kappa shape index (κ2) is 8.16. The molecule has 1 atom stereocenters. The predicted molar refractivity (Wildman–Crippen MR) is 84.8 cm³/mol. The van der Waals surface area contributed by atoms with E-state index in [9.17, 15) is 0 Å². The topological polar surface area (TPSA) is 40.1 Å². The quantitative estimate of drug-likeness (QED) is 0.441. The molecular formula is C12H25IN4O. The Kier molecular flexibility index (Phi) is 7.25. The third-order valence-corrected chi connectivity index (χ3v) is 3.57. The lowest BCUT2D eigenvalue weighted by molar-refractivity contribution is 0.0195. The predicted octanol–water partition coefficient (Wildman–Crippen LogP) is 0.606. The van der Waals surface area contributed by atoms with E-state index >= 15 is 0 Å². The van der Waals surface area contributed by atoms with Crippen LogP contribution in [0.5, 0.6) is 0 Å². The van der Waals surface area contributed by atoms with Gasteiger partial charge in [-0.15, -0.1) is 24.0 Å². The van der Waals surface area contributed by atoms with Crippen LogP contribution in [0.1, 0.15) is 13.3 Å². The van der Waals surface area contributed by atoms with Gasteiger partial charge in [-0.2, -0.15) is 0 Å². The van der Waals surface area contributed by atoms with Gasteiger partial charge in [0.25, 0.3) is 0 Å². The Balaban J connectivity index is 0.00000162. The number of morpholine rings is 1. The van der Waals surface area contributed by atoms with Crippen LogP contribution in [-0.2, 0) is 4.74 Å². The average molecular weight is 368 g/mol. The summed E-state index contributed by atoms with van der Waals surface area (Å²) in [6.45, 7) is 9.20. The number of halogens is 1. The van der Waals surface area contributed by atoms with E-state index in [2.05, 4.69) is 27.0 Å². The van der Waals surface area contributed by atoms with Gasteiger partial charge in [-0.25, -0.2) is 0 Å². The van der Waals surface area contributed by atoms with E-state index in [0.29, 0.717) is 6.04 Å². The molecule has 106 valence electrons. The van der Waals surface area contributed by atoms with Crippen molar-refractivity contribution in [3.63, 3.8) is 0 Å². The fourth-order valence-corrected chi connectivity index (χ4v) is 2.67. The summed E-state index contributed by atoms with van der Waals surface area (Å²) in [5.74, 6) is 1.04. The summed E-state index contributed by atoms with van der Waals surface area (Å²) in [4.78, 5) is 9.25. The van der Waals surface area contributed by atoms with Gasteiger partial charge < -0.3 is 15.0 Å². The van der Waals surface area contributed by atoms with Crippen LogP contribution in [0.4, 0.5) is 0 Å². The minimum absolute atomic E-state index is 0. The molecule has 1 N–H and O–H groups in total. The van der Waals surface area contributed by atoms with Gasteiger partial charge in [0.2, 0.25) is 0 Å². The van der Waals surface area contributed by atoms with Gasteiger partial charge in [-0.05, 0) is 13.3 Å². The summed E-state index contributed by atoms with van der Waals surface area (Å²) in [5, 5.41) is 3.33. The van der Waals surface area contributed by atoms with Crippen LogP contribution in [0, 0.1) is 0 Å². The number of hydrogen-bond donors (Lipinski definition) is 1. The first-order valence-corrected chi connectivity index (χ1v) is 6.62. The minimum atomic E-state index is 0. The molecule has 6 heteroatoms. The Morgan fingerprint density at radius 1 is 1.33 bits per heavy atom. The molecule has 0 spiro atoms. The van der Waals surface area contributed by atoms with Gasteiger partial charge in [0, 0.05) is 45.8 Å². The molecule has 1 unspecified atom stereocenters. The molecule has 18 heavy (non-hydrogen) atoms. The number of nitrogens with one attached hydrogen (secondary N) is 1. The Bertz CT molecular complexity index is 269. The molecule has 0 aromatic carbocycles. The molecule has 0 aromatic heterocycles. The number of ether oxygens (including phenoxy) is 1. The summed E-state index contributed by atoms with van der Waals surface area (Å²) in [6, 6.07) is 0.675. The van der Waals surface area contributed by atoms with Gasteiger partial charge in [0.15, 0.2) is 5.96 Å². The average Bonchev–Trinajstić information content (AvgIpc) is 2.86. The Hall–Kier alpha value is -0.0800. The van der Waals surface area contributed by atoms with Gasteiger partial charge >= 0.3 is 0 Å². The molecule has 5 nitrogen and oxygen atoms in total. The third-order valence-electron chi connectivity index (χ3n) is 3.57. The van der Waals surface area contributed by atoms with Crippen molar-refractivity contribution in [1.82, 2.24) is 15.1 Å². The van der Waals surface area contributed by atoms with E-state index in [-0.39, 0.29) is 24.0 Å². The molecule has 2 aliphatic heterocycles. The van der Waals surface area contributed by atoms with Crippen LogP contribution in [0.3, 0.4) is 0 Å². The van der Waals surface area contributed by atoms with Crippen LogP contribution < -0.4 is 5.32 Å². The molecule has 0 radical (unpaired) electrons. The highest BCUT2D eigenvalue weighted by molar-refractivity contribution is 14.0. The number of rotatable bonds is 2. The van der Waals surface area contributed by atoms with Crippen molar-refractivity contribution in [2.75, 3.05) is 53.0 Å². The highest BCUT2D eigenvalue weighted by atomic mass is 127. The first kappa shape index (κ1) is 16.0. The normalized spacial score (nSPS) is 26.0. The molecule has 0 aromatic rings. The second-order valence-corrected chi connectivity index (χ2v) is 4.61. The number of hydrogen-bond acceptors (Lipinski definition) is 3. The van der Waals surface area contributed by atoms with E-state index in [1.165, 1.54) is 6.42 Å². The smallest absolute Gasteiger partial charge is 0.193 e. The number of aliphatic imine (C=N–C) groups is 1. The van der Waals surface area contributed by atoms with Crippen molar-refractivity contribution in [3.05, 3.63) is 0 Å². The maximum Gasteiger partial charge on any atom is 0.193 e. The lowest BCUT2D eigenvalue weighted by atomic mass is 10.2. The molecule has 2 heterocycles. The zero-order chi connectivity index (χ0) is 12.1. The SMILES string of the molecule is CCNC(=NC)N1CCC(N2CCOCC2)C1.I. The Morgan fingerprint density at radius 2 is 2.06 bits per heavy atom. The molecule has 0 saturated carbocycles. The Labute approximate surface area is 127 Å². The molecule has 0 bridgehead atoms. The fraction of sp³-hybridized carbons (Fsp3) is 0.917. The fourth-order valence-electron chi connectivity index (χ4n) is 2.67. The molecule has 2 aliphatic rings. The highest BCUT2D eigenvalue weighted by Gasteiger charge is 2.29. The summed E-state index contributed by atoms with van der Waals surface area (Å²) < 4.78 is 5.40. The molecule has 2 fully saturated rings. The summed E-state index contributed by atoms with van der Waals surface area (Å²) in [6.07, 6.45) is 1.24. The van der Waals surface area contributed by atoms with Crippen molar-refractivity contribution in [2.24, 2.45) is 4.99 Å². The van der Waals surface area contributed by atoms with E-state index in [0.717, 1.165) is 51.9 Å². The Morgan fingerprint density at radius 3 is 2.67 bits per heavy atom. The van der Waals surface area contributed by atoms with E-state index in [1.54, 1.807) is 0 Å². The van der Waals surface area contributed by atoms with Crippen LogP contribution in [0.25, 0.3) is 0 Å². The third kappa shape index (κ3) is 3.96. The van der Waals surface area contributed by atoms with Gasteiger partial charge in [-0.3, -0.25) is 9.89 Å². The van der Waals surface area contributed by atoms with E-state index in [1.807, 2.05) is 7.05 Å². The largest absolute Gasteiger partial charge is 0.379 e. The van der Waals surface area contributed by atoms with Crippen LogP contribution in [0.2, 0.25) is 0 Å². The molecule has 2 rings (SSSR count). The lowest BCUT2D eigenvalue weighted by Crippen LogP contribution is -2.46. The van der Waals surface area contributed by atoms with Crippen molar-refractivity contribution in [1.29, 1.82) is 0 Å².